The average Bonchev–Trinajstić information content (AvgIpc) is 2.71. The minimum atomic E-state index is -0.851. The molecule has 5 nitrogen and oxygen atoms in total. The van der Waals surface area contributed by atoms with E-state index >= 15 is 0 Å². The number of rotatable bonds is 5. The third-order valence-corrected chi connectivity index (χ3v) is 4.57. The highest BCUT2D eigenvalue weighted by atomic mass is 32.1. The first-order valence-electron chi connectivity index (χ1n) is 6.61. The van der Waals surface area contributed by atoms with Gasteiger partial charge < -0.3 is 14.6 Å². The fraction of sp³-hybridized carbons (Fsp3) is 0.643. The van der Waals surface area contributed by atoms with E-state index in [9.17, 15) is 4.79 Å². The fourth-order valence-electron chi connectivity index (χ4n) is 2.57. The summed E-state index contributed by atoms with van der Waals surface area (Å²) in [7, 11) is 1.68. The number of hydrogen-bond acceptors (Lipinski definition) is 5. The van der Waals surface area contributed by atoms with Crippen LogP contribution in [0.1, 0.15) is 27.0 Å². The van der Waals surface area contributed by atoms with Crippen molar-refractivity contribution in [2.45, 2.75) is 26.0 Å². The van der Waals surface area contributed by atoms with Gasteiger partial charge in [0, 0.05) is 31.6 Å². The molecule has 2 heterocycles. The summed E-state index contributed by atoms with van der Waals surface area (Å²) in [5.41, 5.74) is 0.807. The monoisotopic (exact) mass is 299 g/mol. The van der Waals surface area contributed by atoms with Crippen LogP contribution < -0.4 is 0 Å². The summed E-state index contributed by atoms with van der Waals surface area (Å²) in [6.07, 6.45) is 0. The van der Waals surface area contributed by atoms with Crippen molar-refractivity contribution < 1.29 is 19.4 Å². The van der Waals surface area contributed by atoms with Crippen LogP contribution >= 0.6 is 11.3 Å². The van der Waals surface area contributed by atoms with Crippen LogP contribution in [-0.4, -0.2) is 55.0 Å². The highest BCUT2D eigenvalue weighted by Gasteiger charge is 2.32. The Morgan fingerprint density at radius 3 is 3.00 bits per heavy atom. The molecule has 0 amide bonds. The van der Waals surface area contributed by atoms with Gasteiger partial charge in [0.2, 0.25) is 0 Å². The van der Waals surface area contributed by atoms with Crippen molar-refractivity contribution in [1.82, 2.24) is 4.90 Å². The maximum absolute atomic E-state index is 11.0. The Morgan fingerprint density at radius 2 is 2.40 bits per heavy atom. The molecule has 1 atom stereocenters. The number of hydrogen-bond donors (Lipinski definition) is 1. The summed E-state index contributed by atoms with van der Waals surface area (Å²) < 4.78 is 11.0. The zero-order valence-corrected chi connectivity index (χ0v) is 13.0. The molecule has 1 N–H and O–H groups in total. The van der Waals surface area contributed by atoms with Gasteiger partial charge in [0.25, 0.3) is 0 Å². The average molecular weight is 299 g/mol. The Labute approximate surface area is 123 Å². The molecule has 0 spiro atoms. The second-order valence-electron chi connectivity index (χ2n) is 5.44. The van der Waals surface area contributed by atoms with Gasteiger partial charge in [-0.1, -0.05) is 0 Å². The predicted octanol–water partition coefficient (Wildman–Crippen LogP) is 1.99. The lowest BCUT2D eigenvalue weighted by Crippen LogP contribution is -2.52. The first kappa shape index (κ1) is 15.4. The topological polar surface area (TPSA) is 59.0 Å². The van der Waals surface area contributed by atoms with Gasteiger partial charge in [0.1, 0.15) is 10.5 Å². The number of aromatic carboxylic acids is 1. The maximum atomic E-state index is 11.0. The Hall–Kier alpha value is -0.950. The maximum Gasteiger partial charge on any atom is 0.345 e. The van der Waals surface area contributed by atoms with E-state index in [2.05, 4.69) is 4.90 Å². The van der Waals surface area contributed by atoms with Crippen molar-refractivity contribution in [3.05, 3.63) is 21.4 Å². The molecule has 0 radical (unpaired) electrons. The number of carboxylic acids is 1. The third-order valence-electron chi connectivity index (χ3n) is 3.49. The number of thiophene rings is 1. The molecule has 0 aliphatic carbocycles. The summed E-state index contributed by atoms with van der Waals surface area (Å²) in [5.74, 6) is -0.851. The van der Waals surface area contributed by atoms with E-state index in [0.717, 1.165) is 30.1 Å². The van der Waals surface area contributed by atoms with E-state index in [1.54, 1.807) is 13.2 Å². The highest BCUT2D eigenvalue weighted by molar-refractivity contribution is 7.14. The van der Waals surface area contributed by atoms with Crippen LogP contribution in [0, 0.1) is 6.92 Å². The molecule has 20 heavy (non-hydrogen) atoms. The van der Waals surface area contributed by atoms with Crippen molar-refractivity contribution in [3.8, 4) is 0 Å². The van der Waals surface area contributed by atoms with Crippen molar-refractivity contribution in [2.75, 3.05) is 33.4 Å². The number of morpholine rings is 1. The SMILES string of the molecule is COC[C@@]1(C)CN(Cc2cc(C(=O)O)sc2C)CCO1. The molecule has 1 aliphatic heterocycles. The number of methoxy groups -OCH3 is 1. The number of ether oxygens (including phenoxy) is 2. The Bertz CT molecular complexity index is 484. The van der Waals surface area contributed by atoms with Gasteiger partial charge in [0.15, 0.2) is 0 Å². The molecule has 1 aromatic rings. The van der Waals surface area contributed by atoms with Gasteiger partial charge in [-0.25, -0.2) is 4.79 Å². The van der Waals surface area contributed by atoms with Crippen LogP contribution in [0.4, 0.5) is 0 Å². The fourth-order valence-corrected chi connectivity index (χ4v) is 3.44. The van der Waals surface area contributed by atoms with Crippen molar-refractivity contribution in [3.63, 3.8) is 0 Å². The van der Waals surface area contributed by atoms with Gasteiger partial charge in [-0.2, -0.15) is 0 Å². The minimum Gasteiger partial charge on any atom is -0.477 e. The second kappa shape index (κ2) is 6.22. The molecular weight excluding hydrogens is 278 g/mol. The third kappa shape index (κ3) is 3.58. The number of nitrogens with zero attached hydrogens (tertiary/aromatic N) is 1. The second-order valence-corrected chi connectivity index (χ2v) is 6.70. The van der Waals surface area contributed by atoms with Gasteiger partial charge in [-0.05, 0) is 25.5 Å². The lowest BCUT2D eigenvalue weighted by atomic mass is 10.1. The standard InChI is InChI=1S/C14H21NO4S/c1-10-11(6-12(20-10)13(16)17)7-15-4-5-19-14(2,8-15)9-18-3/h6H,4-5,7-9H2,1-3H3,(H,16,17)/t14-/m1/s1. The first-order valence-corrected chi connectivity index (χ1v) is 7.43. The number of aryl methyl sites for hydroxylation is 1. The van der Waals surface area contributed by atoms with Crippen molar-refractivity contribution in [1.29, 1.82) is 0 Å². The molecule has 0 bridgehead atoms. The molecule has 6 heteroatoms. The van der Waals surface area contributed by atoms with Crippen molar-refractivity contribution in [2.24, 2.45) is 0 Å². The van der Waals surface area contributed by atoms with E-state index in [0.29, 0.717) is 18.1 Å². The molecule has 2 rings (SSSR count). The number of carboxylic acid groups (broad SMARTS) is 1. The van der Waals surface area contributed by atoms with Crippen LogP contribution in [0.25, 0.3) is 0 Å². The molecule has 112 valence electrons. The zero-order chi connectivity index (χ0) is 14.8. The number of carbonyl (C=O) groups is 1. The van der Waals surface area contributed by atoms with Gasteiger partial charge >= 0.3 is 5.97 Å². The predicted molar refractivity (Wildman–Crippen MR) is 77.5 cm³/mol. The Kier molecular flexibility index (Phi) is 4.80. The molecule has 1 fully saturated rings. The molecule has 1 aliphatic rings. The van der Waals surface area contributed by atoms with E-state index in [-0.39, 0.29) is 5.60 Å². The van der Waals surface area contributed by atoms with E-state index in [1.807, 2.05) is 13.8 Å². The van der Waals surface area contributed by atoms with Crippen LogP contribution in [0.15, 0.2) is 6.07 Å². The largest absolute Gasteiger partial charge is 0.477 e. The first-order chi connectivity index (χ1) is 9.43. The summed E-state index contributed by atoms with van der Waals surface area (Å²) >= 11 is 1.34. The van der Waals surface area contributed by atoms with E-state index in [1.165, 1.54) is 11.3 Å². The van der Waals surface area contributed by atoms with Crippen molar-refractivity contribution >= 4 is 17.3 Å². The summed E-state index contributed by atoms with van der Waals surface area (Å²) in [6, 6.07) is 1.78. The highest BCUT2D eigenvalue weighted by Crippen LogP contribution is 2.25. The minimum absolute atomic E-state index is 0.285. The smallest absolute Gasteiger partial charge is 0.345 e. The molecule has 0 aromatic carbocycles. The van der Waals surface area contributed by atoms with E-state index in [4.69, 9.17) is 14.6 Å². The molecular formula is C14H21NO4S. The summed E-state index contributed by atoms with van der Waals surface area (Å²) in [5, 5.41) is 9.04. The van der Waals surface area contributed by atoms with Gasteiger partial charge in [-0.15, -0.1) is 11.3 Å². The van der Waals surface area contributed by atoms with E-state index < -0.39 is 5.97 Å². The van der Waals surface area contributed by atoms with Crippen LogP contribution in [0.2, 0.25) is 0 Å². The Balaban J connectivity index is 2.04. The lowest BCUT2D eigenvalue weighted by Gasteiger charge is -2.40. The van der Waals surface area contributed by atoms with Crippen LogP contribution in [-0.2, 0) is 16.0 Å². The normalized spacial score (nSPS) is 23.9. The Morgan fingerprint density at radius 1 is 1.65 bits per heavy atom. The van der Waals surface area contributed by atoms with Crippen LogP contribution in [0.3, 0.4) is 0 Å². The summed E-state index contributed by atoms with van der Waals surface area (Å²) in [6.45, 7) is 7.67. The van der Waals surface area contributed by atoms with Gasteiger partial charge in [-0.3, -0.25) is 4.90 Å². The molecule has 1 aromatic heterocycles. The molecule has 1 saturated heterocycles. The molecule has 0 saturated carbocycles. The molecule has 0 unspecified atom stereocenters. The lowest BCUT2D eigenvalue weighted by molar-refractivity contribution is -0.129. The van der Waals surface area contributed by atoms with Crippen LogP contribution in [0.5, 0.6) is 0 Å². The summed E-state index contributed by atoms with van der Waals surface area (Å²) in [4.78, 5) is 14.8. The van der Waals surface area contributed by atoms with Gasteiger partial charge in [0.05, 0.1) is 13.2 Å². The zero-order valence-electron chi connectivity index (χ0n) is 12.1. The quantitative estimate of drug-likeness (QED) is 0.901.